The predicted molar refractivity (Wildman–Crippen MR) is 97.3 cm³/mol. The molecule has 0 saturated carbocycles. The van der Waals surface area contributed by atoms with Crippen molar-refractivity contribution in [3.63, 3.8) is 0 Å². The summed E-state index contributed by atoms with van der Waals surface area (Å²) in [6, 6.07) is 15.9. The topological polar surface area (TPSA) is 145 Å². The fourth-order valence-corrected chi connectivity index (χ4v) is 3.04. The first kappa shape index (κ1) is 18.6. The summed E-state index contributed by atoms with van der Waals surface area (Å²) in [4.78, 5) is 11.0. The second-order valence-corrected chi connectivity index (χ2v) is 7.29. The maximum absolute atomic E-state index is 11.4. The number of carbonyl (C=O) groups is 1. The van der Waals surface area contributed by atoms with Gasteiger partial charge in [-0.05, 0) is 30.3 Å². The highest BCUT2D eigenvalue weighted by molar-refractivity contribution is 7.89. The Morgan fingerprint density at radius 2 is 1.74 bits per heavy atom. The van der Waals surface area contributed by atoms with Crippen LogP contribution < -0.4 is 10.9 Å². The van der Waals surface area contributed by atoms with E-state index in [4.69, 9.17) is 10.9 Å². The molecule has 0 fully saturated rings. The van der Waals surface area contributed by atoms with Crippen molar-refractivity contribution in [2.24, 2.45) is 10.9 Å². The summed E-state index contributed by atoms with van der Waals surface area (Å²) in [5.74, 6) is 0. The van der Waals surface area contributed by atoms with Crippen LogP contribution in [0, 0.1) is 0 Å². The van der Waals surface area contributed by atoms with Crippen molar-refractivity contribution < 1.29 is 18.4 Å². The van der Waals surface area contributed by atoms with Crippen LogP contribution in [0.5, 0.6) is 0 Å². The third kappa shape index (κ3) is 4.14. The van der Waals surface area contributed by atoms with Crippen molar-refractivity contribution in [3.05, 3.63) is 66.4 Å². The summed E-state index contributed by atoms with van der Waals surface area (Å²) in [7, 11) is -3.81. The fourth-order valence-electron chi connectivity index (χ4n) is 2.53. The van der Waals surface area contributed by atoms with Gasteiger partial charge in [0.2, 0.25) is 10.0 Å². The standard InChI is InChI=1S/C17H17N5O4S/c18-17(23)21(24)11-13-10-16(12-4-2-1-3-5-12)22(20-13)14-6-8-15(9-7-14)27(19,25)26/h1-10,24H,11H2,(H2,18,23)(H2,19,25,26). The van der Waals surface area contributed by atoms with Gasteiger partial charge >= 0.3 is 6.03 Å². The molecule has 0 radical (unpaired) electrons. The van der Waals surface area contributed by atoms with Crippen LogP contribution in [0.15, 0.2) is 65.6 Å². The Labute approximate surface area is 155 Å². The molecular weight excluding hydrogens is 370 g/mol. The molecule has 2 amide bonds. The van der Waals surface area contributed by atoms with Gasteiger partial charge in [0.1, 0.15) is 0 Å². The van der Waals surface area contributed by atoms with Crippen molar-refractivity contribution >= 4 is 16.1 Å². The summed E-state index contributed by atoms with van der Waals surface area (Å²) in [6.07, 6.45) is 0. The van der Waals surface area contributed by atoms with Crippen molar-refractivity contribution in [2.45, 2.75) is 11.4 Å². The van der Waals surface area contributed by atoms with Crippen LogP contribution in [-0.2, 0) is 16.6 Å². The lowest BCUT2D eigenvalue weighted by atomic mass is 10.1. The number of hydrogen-bond donors (Lipinski definition) is 3. The van der Waals surface area contributed by atoms with Gasteiger partial charge in [-0.15, -0.1) is 0 Å². The maximum Gasteiger partial charge on any atom is 0.338 e. The maximum atomic E-state index is 11.4. The molecule has 3 aromatic rings. The molecule has 1 heterocycles. The molecule has 0 aliphatic heterocycles. The molecule has 27 heavy (non-hydrogen) atoms. The molecule has 3 rings (SSSR count). The number of nitrogens with zero attached hydrogens (tertiary/aromatic N) is 3. The number of primary amides is 1. The number of rotatable bonds is 5. The van der Waals surface area contributed by atoms with Crippen molar-refractivity contribution in [1.82, 2.24) is 14.8 Å². The summed E-state index contributed by atoms with van der Waals surface area (Å²) in [5.41, 5.74) is 7.55. The van der Waals surface area contributed by atoms with Gasteiger partial charge < -0.3 is 5.73 Å². The minimum atomic E-state index is -3.81. The Kier molecular flexibility index (Phi) is 4.95. The average Bonchev–Trinajstić information content (AvgIpc) is 3.05. The third-order valence-electron chi connectivity index (χ3n) is 3.81. The van der Waals surface area contributed by atoms with Gasteiger partial charge in [0.15, 0.2) is 0 Å². The van der Waals surface area contributed by atoms with Crippen LogP contribution in [0.1, 0.15) is 5.69 Å². The number of carbonyl (C=O) groups excluding carboxylic acids is 1. The van der Waals surface area contributed by atoms with Gasteiger partial charge in [0, 0.05) is 5.56 Å². The van der Waals surface area contributed by atoms with E-state index in [1.807, 2.05) is 30.3 Å². The van der Waals surface area contributed by atoms with E-state index < -0.39 is 16.1 Å². The molecule has 0 bridgehead atoms. The Bertz CT molecular complexity index is 1060. The molecule has 1 aromatic heterocycles. The minimum Gasteiger partial charge on any atom is -0.350 e. The third-order valence-corrected chi connectivity index (χ3v) is 4.73. The Morgan fingerprint density at radius 1 is 1.11 bits per heavy atom. The van der Waals surface area contributed by atoms with E-state index in [1.165, 1.54) is 12.1 Å². The molecule has 2 aromatic carbocycles. The number of hydroxylamine groups is 2. The first-order valence-electron chi connectivity index (χ1n) is 7.79. The van der Waals surface area contributed by atoms with Gasteiger partial charge in [-0.25, -0.2) is 28.1 Å². The molecular formula is C17H17N5O4S. The minimum absolute atomic E-state index is 0.0184. The quantitative estimate of drug-likeness (QED) is 0.448. The monoisotopic (exact) mass is 387 g/mol. The zero-order valence-corrected chi connectivity index (χ0v) is 14.9. The fraction of sp³-hybridized carbons (Fsp3) is 0.0588. The van der Waals surface area contributed by atoms with Gasteiger partial charge in [-0.3, -0.25) is 5.21 Å². The van der Waals surface area contributed by atoms with E-state index in [0.29, 0.717) is 22.1 Å². The number of nitrogens with two attached hydrogens (primary N) is 2. The smallest absolute Gasteiger partial charge is 0.338 e. The van der Waals surface area contributed by atoms with E-state index in [2.05, 4.69) is 5.10 Å². The lowest BCUT2D eigenvalue weighted by Gasteiger charge is -2.09. The SMILES string of the molecule is NC(=O)N(O)Cc1cc(-c2ccccc2)n(-c2ccc(S(N)(=O)=O)cc2)n1. The number of benzene rings is 2. The number of sulfonamides is 1. The molecule has 0 spiro atoms. The van der Waals surface area contributed by atoms with Crippen LogP contribution >= 0.6 is 0 Å². The summed E-state index contributed by atoms with van der Waals surface area (Å²) < 4.78 is 24.4. The average molecular weight is 387 g/mol. The first-order valence-corrected chi connectivity index (χ1v) is 9.34. The number of aromatic nitrogens is 2. The zero-order valence-electron chi connectivity index (χ0n) is 14.1. The number of amides is 2. The molecule has 0 unspecified atom stereocenters. The van der Waals surface area contributed by atoms with Crippen LogP contribution in [-0.4, -0.2) is 34.5 Å². The second-order valence-electron chi connectivity index (χ2n) is 5.73. The molecule has 10 heteroatoms. The van der Waals surface area contributed by atoms with Crippen LogP contribution in [0.4, 0.5) is 4.79 Å². The Morgan fingerprint density at radius 3 is 2.30 bits per heavy atom. The molecule has 0 aliphatic carbocycles. The summed E-state index contributed by atoms with van der Waals surface area (Å²) in [5, 5.41) is 19.5. The number of hydrogen-bond acceptors (Lipinski definition) is 5. The highest BCUT2D eigenvalue weighted by atomic mass is 32.2. The van der Waals surface area contributed by atoms with Gasteiger partial charge in [-0.2, -0.15) is 5.10 Å². The Hall–Kier alpha value is -3.21. The van der Waals surface area contributed by atoms with Crippen LogP contribution in [0.3, 0.4) is 0 Å². The van der Waals surface area contributed by atoms with Crippen LogP contribution in [0.2, 0.25) is 0 Å². The van der Waals surface area contributed by atoms with Gasteiger partial charge in [0.25, 0.3) is 0 Å². The van der Waals surface area contributed by atoms with Crippen molar-refractivity contribution in [3.8, 4) is 16.9 Å². The normalized spacial score (nSPS) is 11.3. The molecule has 0 saturated heterocycles. The number of primary sulfonamides is 1. The van der Waals surface area contributed by atoms with Gasteiger partial charge in [-0.1, -0.05) is 30.3 Å². The second kappa shape index (κ2) is 7.19. The van der Waals surface area contributed by atoms with Crippen LogP contribution in [0.25, 0.3) is 16.9 Å². The highest BCUT2D eigenvalue weighted by Gasteiger charge is 2.16. The molecule has 0 aliphatic rings. The predicted octanol–water partition coefficient (Wildman–Crippen LogP) is 1.46. The van der Waals surface area contributed by atoms with E-state index in [1.54, 1.807) is 22.9 Å². The van der Waals surface area contributed by atoms with E-state index in [9.17, 15) is 18.4 Å². The largest absolute Gasteiger partial charge is 0.350 e. The summed E-state index contributed by atoms with van der Waals surface area (Å²) in [6.45, 7) is -0.197. The van der Waals surface area contributed by atoms with Gasteiger partial charge in [0.05, 0.1) is 28.5 Å². The Balaban J connectivity index is 2.07. The molecule has 140 valence electrons. The molecule has 0 atom stereocenters. The van der Waals surface area contributed by atoms with E-state index in [0.717, 1.165) is 5.56 Å². The molecule has 5 N–H and O–H groups in total. The van der Waals surface area contributed by atoms with E-state index >= 15 is 0 Å². The number of urea groups is 1. The van der Waals surface area contributed by atoms with E-state index in [-0.39, 0.29) is 11.4 Å². The first-order chi connectivity index (χ1) is 12.8. The molecule has 9 nitrogen and oxygen atoms in total. The van der Waals surface area contributed by atoms with Crippen molar-refractivity contribution in [1.29, 1.82) is 0 Å². The highest BCUT2D eigenvalue weighted by Crippen LogP contribution is 2.25. The lowest BCUT2D eigenvalue weighted by molar-refractivity contribution is -0.0479. The van der Waals surface area contributed by atoms with Crippen molar-refractivity contribution in [2.75, 3.05) is 0 Å². The summed E-state index contributed by atoms with van der Waals surface area (Å²) >= 11 is 0. The lowest BCUT2D eigenvalue weighted by Crippen LogP contribution is -2.32. The zero-order chi connectivity index (χ0) is 19.6.